The Hall–Kier alpha value is -1.60. The quantitative estimate of drug-likeness (QED) is 0.826. The van der Waals surface area contributed by atoms with E-state index in [2.05, 4.69) is 73.8 Å². The molecule has 1 unspecified atom stereocenters. The van der Waals surface area contributed by atoms with Gasteiger partial charge in [-0.2, -0.15) is 0 Å². The first-order valence-electron chi connectivity index (χ1n) is 7.10. The first kappa shape index (κ1) is 13.8. The van der Waals surface area contributed by atoms with Crippen molar-refractivity contribution in [3.8, 4) is 0 Å². The third kappa shape index (κ3) is 4.53. The third-order valence-corrected chi connectivity index (χ3v) is 3.42. The molecule has 0 heterocycles. The highest BCUT2D eigenvalue weighted by molar-refractivity contribution is 5.23. The standard InChI is InChI=1S/C18H23N/c1-3-19-18(13-16-7-5-4-6-8-16)14-17-11-9-15(2)10-12-17/h4-12,18-19H,3,13-14H2,1-2H3. The van der Waals surface area contributed by atoms with Crippen LogP contribution in [0.4, 0.5) is 0 Å². The van der Waals surface area contributed by atoms with Crippen LogP contribution in [-0.4, -0.2) is 12.6 Å². The highest BCUT2D eigenvalue weighted by Crippen LogP contribution is 2.10. The summed E-state index contributed by atoms with van der Waals surface area (Å²) in [5.41, 5.74) is 4.14. The van der Waals surface area contributed by atoms with Gasteiger partial charge in [-0.1, -0.05) is 67.1 Å². The van der Waals surface area contributed by atoms with Crippen LogP contribution >= 0.6 is 0 Å². The molecule has 0 saturated heterocycles. The van der Waals surface area contributed by atoms with E-state index in [-0.39, 0.29) is 0 Å². The minimum atomic E-state index is 0.509. The van der Waals surface area contributed by atoms with Crippen LogP contribution in [0.5, 0.6) is 0 Å². The molecule has 0 bridgehead atoms. The van der Waals surface area contributed by atoms with Crippen LogP contribution in [0.15, 0.2) is 54.6 Å². The van der Waals surface area contributed by atoms with Crippen molar-refractivity contribution in [2.75, 3.05) is 6.54 Å². The van der Waals surface area contributed by atoms with E-state index in [1.807, 2.05) is 0 Å². The fraction of sp³-hybridized carbons (Fsp3) is 0.333. The molecule has 0 aliphatic heterocycles. The van der Waals surface area contributed by atoms with Crippen molar-refractivity contribution in [2.45, 2.75) is 32.7 Å². The summed E-state index contributed by atoms with van der Waals surface area (Å²) in [5.74, 6) is 0. The maximum absolute atomic E-state index is 3.59. The predicted molar refractivity (Wildman–Crippen MR) is 82.5 cm³/mol. The second-order valence-electron chi connectivity index (χ2n) is 5.13. The van der Waals surface area contributed by atoms with Crippen LogP contribution in [0.25, 0.3) is 0 Å². The molecular formula is C18H23N. The van der Waals surface area contributed by atoms with Gasteiger partial charge in [-0.3, -0.25) is 0 Å². The summed E-state index contributed by atoms with van der Waals surface area (Å²) in [4.78, 5) is 0. The lowest BCUT2D eigenvalue weighted by molar-refractivity contribution is 0.521. The first-order chi connectivity index (χ1) is 9.28. The Bertz CT molecular complexity index is 473. The zero-order chi connectivity index (χ0) is 13.5. The number of nitrogens with one attached hydrogen (secondary N) is 1. The maximum Gasteiger partial charge on any atom is 0.0148 e. The molecule has 2 aromatic rings. The summed E-state index contributed by atoms with van der Waals surface area (Å²) in [7, 11) is 0. The summed E-state index contributed by atoms with van der Waals surface area (Å²) in [6, 6.07) is 20.1. The lowest BCUT2D eigenvalue weighted by Crippen LogP contribution is -2.33. The normalized spacial score (nSPS) is 12.3. The SMILES string of the molecule is CCNC(Cc1ccccc1)Cc1ccc(C)cc1. The summed E-state index contributed by atoms with van der Waals surface area (Å²) >= 11 is 0. The number of benzene rings is 2. The number of aryl methyl sites for hydroxylation is 1. The van der Waals surface area contributed by atoms with Gasteiger partial charge in [0.2, 0.25) is 0 Å². The van der Waals surface area contributed by atoms with Crippen LogP contribution in [-0.2, 0) is 12.8 Å². The van der Waals surface area contributed by atoms with E-state index in [4.69, 9.17) is 0 Å². The molecule has 2 aromatic carbocycles. The fourth-order valence-corrected chi connectivity index (χ4v) is 2.41. The number of hydrogen-bond donors (Lipinski definition) is 1. The van der Waals surface area contributed by atoms with Gasteiger partial charge in [-0.25, -0.2) is 0 Å². The van der Waals surface area contributed by atoms with E-state index in [0.29, 0.717) is 6.04 Å². The Labute approximate surface area is 116 Å². The van der Waals surface area contributed by atoms with Gasteiger partial charge in [-0.05, 0) is 37.4 Å². The number of hydrogen-bond acceptors (Lipinski definition) is 1. The second-order valence-corrected chi connectivity index (χ2v) is 5.13. The molecular weight excluding hydrogens is 230 g/mol. The number of rotatable bonds is 6. The zero-order valence-electron chi connectivity index (χ0n) is 11.9. The Balaban J connectivity index is 2.01. The molecule has 2 rings (SSSR count). The van der Waals surface area contributed by atoms with Gasteiger partial charge >= 0.3 is 0 Å². The van der Waals surface area contributed by atoms with Crippen LogP contribution in [0.3, 0.4) is 0 Å². The monoisotopic (exact) mass is 253 g/mol. The molecule has 0 saturated carbocycles. The molecule has 0 fully saturated rings. The smallest absolute Gasteiger partial charge is 0.0148 e. The first-order valence-corrected chi connectivity index (χ1v) is 7.10. The third-order valence-electron chi connectivity index (χ3n) is 3.42. The fourth-order valence-electron chi connectivity index (χ4n) is 2.41. The van der Waals surface area contributed by atoms with E-state index in [0.717, 1.165) is 19.4 Å². The molecule has 0 spiro atoms. The lowest BCUT2D eigenvalue weighted by Gasteiger charge is -2.18. The van der Waals surface area contributed by atoms with Gasteiger partial charge in [0.1, 0.15) is 0 Å². The topological polar surface area (TPSA) is 12.0 Å². The highest BCUT2D eigenvalue weighted by Gasteiger charge is 2.09. The van der Waals surface area contributed by atoms with Crippen molar-refractivity contribution < 1.29 is 0 Å². The molecule has 0 radical (unpaired) electrons. The summed E-state index contributed by atoms with van der Waals surface area (Å²) in [5, 5.41) is 3.59. The Morgan fingerprint density at radius 1 is 0.842 bits per heavy atom. The molecule has 0 aliphatic rings. The van der Waals surface area contributed by atoms with Crippen LogP contribution < -0.4 is 5.32 Å². The van der Waals surface area contributed by atoms with E-state index in [1.165, 1.54) is 16.7 Å². The minimum absolute atomic E-state index is 0.509. The predicted octanol–water partition coefficient (Wildman–Crippen LogP) is 3.76. The van der Waals surface area contributed by atoms with Crippen LogP contribution in [0, 0.1) is 6.92 Å². The molecule has 1 atom stereocenters. The van der Waals surface area contributed by atoms with Crippen molar-refractivity contribution >= 4 is 0 Å². The summed E-state index contributed by atoms with van der Waals surface area (Å²) < 4.78 is 0. The number of likely N-dealkylation sites (N-methyl/N-ethyl adjacent to an activating group) is 1. The molecule has 100 valence electrons. The van der Waals surface area contributed by atoms with E-state index in [1.54, 1.807) is 0 Å². The Morgan fingerprint density at radius 3 is 2.00 bits per heavy atom. The summed E-state index contributed by atoms with van der Waals surface area (Å²) in [6.45, 7) is 5.33. The maximum atomic E-state index is 3.59. The van der Waals surface area contributed by atoms with Crippen LogP contribution in [0.1, 0.15) is 23.6 Å². The molecule has 1 N–H and O–H groups in total. The van der Waals surface area contributed by atoms with Crippen molar-refractivity contribution in [3.63, 3.8) is 0 Å². The average molecular weight is 253 g/mol. The Kier molecular flexibility index (Phi) is 5.17. The van der Waals surface area contributed by atoms with Crippen molar-refractivity contribution in [2.24, 2.45) is 0 Å². The van der Waals surface area contributed by atoms with Crippen molar-refractivity contribution in [1.82, 2.24) is 5.32 Å². The van der Waals surface area contributed by atoms with E-state index in [9.17, 15) is 0 Å². The molecule has 0 amide bonds. The van der Waals surface area contributed by atoms with Crippen molar-refractivity contribution in [1.29, 1.82) is 0 Å². The van der Waals surface area contributed by atoms with Gasteiger partial charge in [0.25, 0.3) is 0 Å². The molecule has 1 nitrogen and oxygen atoms in total. The Morgan fingerprint density at radius 2 is 1.42 bits per heavy atom. The van der Waals surface area contributed by atoms with Crippen LogP contribution in [0.2, 0.25) is 0 Å². The second kappa shape index (κ2) is 7.10. The molecule has 0 aliphatic carbocycles. The lowest BCUT2D eigenvalue weighted by atomic mass is 9.98. The zero-order valence-corrected chi connectivity index (χ0v) is 11.9. The van der Waals surface area contributed by atoms with Gasteiger partial charge in [0.15, 0.2) is 0 Å². The molecule has 1 heteroatoms. The minimum Gasteiger partial charge on any atom is -0.314 e. The van der Waals surface area contributed by atoms with Gasteiger partial charge < -0.3 is 5.32 Å². The van der Waals surface area contributed by atoms with E-state index < -0.39 is 0 Å². The average Bonchev–Trinajstić information content (AvgIpc) is 2.43. The van der Waals surface area contributed by atoms with Gasteiger partial charge in [-0.15, -0.1) is 0 Å². The largest absolute Gasteiger partial charge is 0.314 e. The molecule has 0 aromatic heterocycles. The van der Waals surface area contributed by atoms with Gasteiger partial charge in [0, 0.05) is 6.04 Å². The van der Waals surface area contributed by atoms with Crippen molar-refractivity contribution in [3.05, 3.63) is 71.3 Å². The molecule has 19 heavy (non-hydrogen) atoms. The van der Waals surface area contributed by atoms with E-state index >= 15 is 0 Å². The highest BCUT2D eigenvalue weighted by atomic mass is 14.9. The van der Waals surface area contributed by atoms with Gasteiger partial charge in [0.05, 0.1) is 0 Å². The summed E-state index contributed by atoms with van der Waals surface area (Å²) in [6.07, 6.45) is 2.17.